The Balaban J connectivity index is 1.87. The molecule has 3 heterocycles. The monoisotopic (exact) mass is 320 g/mol. The summed E-state index contributed by atoms with van der Waals surface area (Å²) < 4.78 is 3.81. The van der Waals surface area contributed by atoms with Crippen molar-refractivity contribution in [3.05, 3.63) is 27.2 Å². The topological polar surface area (TPSA) is 103 Å². The van der Waals surface area contributed by atoms with Crippen molar-refractivity contribution in [1.82, 2.24) is 29.3 Å². The van der Waals surface area contributed by atoms with Crippen LogP contribution >= 0.6 is 0 Å². The lowest BCUT2D eigenvalue weighted by Crippen LogP contribution is -2.46. The normalized spacial score (nSPS) is 18.3. The summed E-state index contributed by atoms with van der Waals surface area (Å²) in [5, 5.41) is 6.19. The van der Waals surface area contributed by atoms with Crippen LogP contribution in [0.3, 0.4) is 0 Å². The van der Waals surface area contributed by atoms with Gasteiger partial charge >= 0.3 is 5.69 Å². The summed E-state index contributed by atoms with van der Waals surface area (Å²) in [5.41, 5.74) is -0.352. The van der Waals surface area contributed by atoms with Crippen LogP contribution in [0.2, 0.25) is 0 Å². The third-order valence-electron chi connectivity index (χ3n) is 4.19. The molecule has 0 radical (unpaired) electrons. The number of aromatic nitrogens is 4. The van der Waals surface area contributed by atoms with Gasteiger partial charge in [-0.3, -0.25) is 18.7 Å². The number of nitrogens with one attached hydrogen (secondary N) is 2. The lowest BCUT2D eigenvalue weighted by Gasteiger charge is -2.23. The van der Waals surface area contributed by atoms with Crippen LogP contribution in [0.4, 0.5) is 0 Å². The van der Waals surface area contributed by atoms with Crippen LogP contribution in [0, 0.1) is 0 Å². The molecule has 1 fully saturated rings. The minimum Gasteiger partial charge on any atom is -0.351 e. The number of hydrogen-bond acceptors (Lipinski definition) is 5. The SMILES string of the molecule is Cn1c(=O)c2c(ncn2CC(=O)NC2CCCNC2)n(C)c1=O. The van der Waals surface area contributed by atoms with Crippen LogP contribution in [0.25, 0.3) is 11.2 Å². The van der Waals surface area contributed by atoms with Crippen LogP contribution in [0.1, 0.15) is 12.8 Å². The van der Waals surface area contributed by atoms with E-state index in [1.165, 1.54) is 22.5 Å². The Kier molecular flexibility index (Phi) is 4.03. The first-order valence-corrected chi connectivity index (χ1v) is 7.60. The molecule has 9 heteroatoms. The van der Waals surface area contributed by atoms with Gasteiger partial charge in [-0.15, -0.1) is 0 Å². The molecule has 1 unspecified atom stereocenters. The maximum absolute atomic E-state index is 12.3. The van der Waals surface area contributed by atoms with Gasteiger partial charge in [0.25, 0.3) is 5.56 Å². The van der Waals surface area contributed by atoms with Gasteiger partial charge < -0.3 is 15.2 Å². The molecular weight excluding hydrogens is 300 g/mol. The Morgan fingerprint density at radius 2 is 2.17 bits per heavy atom. The standard InChI is InChI=1S/C14H20N6O3/c1-18-12-11(13(22)19(2)14(18)23)20(8-16-12)7-10(21)17-9-4-3-5-15-6-9/h8-9,15H,3-7H2,1-2H3,(H,17,21). The highest BCUT2D eigenvalue weighted by atomic mass is 16.2. The highest BCUT2D eigenvalue weighted by Crippen LogP contribution is 2.06. The summed E-state index contributed by atoms with van der Waals surface area (Å²) in [7, 11) is 2.96. The fraction of sp³-hybridized carbons (Fsp3) is 0.571. The summed E-state index contributed by atoms with van der Waals surface area (Å²) in [6.45, 7) is 1.73. The first-order valence-electron chi connectivity index (χ1n) is 7.60. The molecule has 1 atom stereocenters. The molecule has 1 saturated heterocycles. The van der Waals surface area contributed by atoms with Gasteiger partial charge in [0.05, 0.1) is 6.33 Å². The third-order valence-corrected chi connectivity index (χ3v) is 4.19. The molecular formula is C14H20N6O3. The number of hydrogen-bond donors (Lipinski definition) is 2. The molecule has 2 N–H and O–H groups in total. The zero-order valence-electron chi connectivity index (χ0n) is 13.2. The number of aryl methyl sites for hydroxylation is 1. The number of imidazole rings is 1. The lowest BCUT2D eigenvalue weighted by atomic mass is 10.1. The molecule has 0 spiro atoms. The molecule has 2 aromatic rings. The second-order valence-electron chi connectivity index (χ2n) is 5.86. The second-order valence-corrected chi connectivity index (χ2v) is 5.86. The van der Waals surface area contributed by atoms with Crippen LogP contribution in [0.5, 0.6) is 0 Å². The van der Waals surface area contributed by atoms with Crippen molar-refractivity contribution in [2.75, 3.05) is 13.1 Å². The van der Waals surface area contributed by atoms with E-state index in [-0.39, 0.29) is 29.7 Å². The summed E-state index contributed by atoms with van der Waals surface area (Å²) in [4.78, 5) is 40.5. The third kappa shape index (κ3) is 2.79. The number of piperidine rings is 1. The van der Waals surface area contributed by atoms with Gasteiger partial charge in [-0.05, 0) is 19.4 Å². The number of carbonyl (C=O) groups excluding carboxylic acids is 1. The number of nitrogens with zero attached hydrogens (tertiary/aromatic N) is 4. The first-order chi connectivity index (χ1) is 11.0. The van der Waals surface area contributed by atoms with Crippen molar-refractivity contribution >= 4 is 17.1 Å². The van der Waals surface area contributed by atoms with Crippen molar-refractivity contribution < 1.29 is 4.79 Å². The molecule has 0 bridgehead atoms. The van der Waals surface area contributed by atoms with Gasteiger partial charge in [-0.25, -0.2) is 9.78 Å². The molecule has 1 aliphatic heterocycles. The van der Waals surface area contributed by atoms with Crippen molar-refractivity contribution in [1.29, 1.82) is 0 Å². The minimum atomic E-state index is -0.451. The molecule has 2 aromatic heterocycles. The zero-order chi connectivity index (χ0) is 16.6. The Morgan fingerprint density at radius 3 is 2.87 bits per heavy atom. The van der Waals surface area contributed by atoms with Gasteiger partial charge in [-0.2, -0.15) is 0 Å². The van der Waals surface area contributed by atoms with E-state index in [9.17, 15) is 14.4 Å². The molecule has 23 heavy (non-hydrogen) atoms. The Bertz CT molecular complexity index is 856. The molecule has 1 aliphatic rings. The predicted molar refractivity (Wildman–Crippen MR) is 84.2 cm³/mol. The maximum Gasteiger partial charge on any atom is 0.332 e. The summed E-state index contributed by atoms with van der Waals surface area (Å²) in [6, 6.07) is 0.109. The van der Waals surface area contributed by atoms with Crippen LogP contribution in [-0.2, 0) is 25.4 Å². The van der Waals surface area contributed by atoms with Crippen molar-refractivity contribution in [2.45, 2.75) is 25.4 Å². The highest BCUT2D eigenvalue weighted by Gasteiger charge is 2.18. The average Bonchev–Trinajstić information content (AvgIpc) is 2.95. The van der Waals surface area contributed by atoms with Crippen molar-refractivity contribution in [3.63, 3.8) is 0 Å². The minimum absolute atomic E-state index is 0.000440. The van der Waals surface area contributed by atoms with E-state index in [4.69, 9.17) is 0 Å². The van der Waals surface area contributed by atoms with Gasteiger partial charge in [0.2, 0.25) is 5.91 Å². The van der Waals surface area contributed by atoms with E-state index in [0.29, 0.717) is 0 Å². The van der Waals surface area contributed by atoms with E-state index in [1.807, 2.05) is 0 Å². The zero-order valence-corrected chi connectivity index (χ0v) is 13.2. The Labute approximate surface area is 131 Å². The molecule has 124 valence electrons. The number of rotatable bonds is 3. The van der Waals surface area contributed by atoms with E-state index >= 15 is 0 Å². The molecule has 0 aromatic carbocycles. The fourth-order valence-electron chi connectivity index (χ4n) is 2.92. The Hall–Kier alpha value is -2.42. The Morgan fingerprint density at radius 1 is 1.39 bits per heavy atom. The number of amides is 1. The maximum atomic E-state index is 12.3. The van der Waals surface area contributed by atoms with E-state index in [1.54, 1.807) is 7.05 Å². The van der Waals surface area contributed by atoms with Gasteiger partial charge in [0.15, 0.2) is 11.2 Å². The summed E-state index contributed by atoms with van der Waals surface area (Å²) >= 11 is 0. The van der Waals surface area contributed by atoms with E-state index in [2.05, 4.69) is 15.6 Å². The molecule has 1 amide bonds. The van der Waals surface area contributed by atoms with Gasteiger partial charge in [-0.1, -0.05) is 0 Å². The van der Waals surface area contributed by atoms with Gasteiger partial charge in [0, 0.05) is 26.7 Å². The summed E-state index contributed by atoms with van der Waals surface area (Å²) in [6.07, 6.45) is 3.39. The lowest BCUT2D eigenvalue weighted by molar-refractivity contribution is -0.122. The van der Waals surface area contributed by atoms with Crippen molar-refractivity contribution in [2.24, 2.45) is 14.1 Å². The summed E-state index contributed by atoms with van der Waals surface area (Å²) in [5.74, 6) is -0.172. The number of fused-ring (bicyclic) bond motifs is 1. The van der Waals surface area contributed by atoms with Crippen molar-refractivity contribution in [3.8, 4) is 0 Å². The smallest absolute Gasteiger partial charge is 0.332 e. The molecule has 9 nitrogen and oxygen atoms in total. The fourth-order valence-corrected chi connectivity index (χ4v) is 2.92. The van der Waals surface area contributed by atoms with E-state index in [0.717, 1.165) is 30.5 Å². The van der Waals surface area contributed by atoms with E-state index < -0.39 is 11.2 Å². The van der Waals surface area contributed by atoms with Crippen LogP contribution < -0.4 is 21.9 Å². The quantitative estimate of drug-likeness (QED) is 0.702. The number of carbonyl (C=O) groups is 1. The highest BCUT2D eigenvalue weighted by molar-refractivity contribution is 5.79. The molecule has 0 saturated carbocycles. The molecule has 3 rings (SSSR count). The predicted octanol–water partition coefficient (Wildman–Crippen LogP) is -1.70. The van der Waals surface area contributed by atoms with Crippen LogP contribution in [0.15, 0.2) is 15.9 Å². The van der Waals surface area contributed by atoms with Crippen LogP contribution in [-0.4, -0.2) is 43.7 Å². The first kappa shape index (κ1) is 15.5. The van der Waals surface area contributed by atoms with Gasteiger partial charge in [0.1, 0.15) is 6.54 Å². The molecule has 0 aliphatic carbocycles. The largest absolute Gasteiger partial charge is 0.351 e. The second kappa shape index (κ2) is 5.99. The average molecular weight is 320 g/mol.